The van der Waals surface area contributed by atoms with Crippen molar-refractivity contribution in [3.63, 3.8) is 0 Å². The lowest BCUT2D eigenvalue weighted by Gasteiger charge is -2.33. The van der Waals surface area contributed by atoms with E-state index in [9.17, 15) is 4.79 Å². The summed E-state index contributed by atoms with van der Waals surface area (Å²) in [5.74, 6) is 1.27. The number of ether oxygens (including phenoxy) is 1. The third-order valence-electron chi connectivity index (χ3n) is 4.37. The molecule has 1 aromatic carbocycles. The number of likely N-dealkylation sites (tertiary alicyclic amines) is 1. The highest BCUT2D eigenvalue weighted by Crippen LogP contribution is 2.25. The van der Waals surface area contributed by atoms with E-state index in [4.69, 9.17) is 10.5 Å². The number of rotatable bonds is 5. The molecule has 0 aromatic heterocycles. The summed E-state index contributed by atoms with van der Waals surface area (Å²) in [4.78, 5) is 14.4. The molecule has 1 heterocycles. The van der Waals surface area contributed by atoms with E-state index in [1.54, 1.807) is 7.11 Å². The average Bonchev–Trinajstić information content (AvgIpc) is 2.48. The van der Waals surface area contributed by atoms with E-state index in [2.05, 4.69) is 17.1 Å². The van der Waals surface area contributed by atoms with Gasteiger partial charge in [0.25, 0.3) is 0 Å². The SMILES string of the molecule is COc1ccc(C)cc1NC(=O)CN1CCC(C(C)N)CC1. The number of amides is 1. The molecule has 1 aromatic rings. The quantitative estimate of drug-likeness (QED) is 0.873. The zero-order valence-corrected chi connectivity index (χ0v) is 13.8. The van der Waals surface area contributed by atoms with Crippen molar-refractivity contribution >= 4 is 11.6 Å². The van der Waals surface area contributed by atoms with E-state index in [0.717, 1.165) is 37.2 Å². The Morgan fingerprint density at radius 3 is 2.73 bits per heavy atom. The third-order valence-corrected chi connectivity index (χ3v) is 4.37. The summed E-state index contributed by atoms with van der Waals surface area (Å²) < 4.78 is 5.29. The van der Waals surface area contributed by atoms with Gasteiger partial charge in [0, 0.05) is 6.04 Å². The Morgan fingerprint density at radius 2 is 2.14 bits per heavy atom. The lowest BCUT2D eigenvalue weighted by molar-refractivity contribution is -0.117. The van der Waals surface area contributed by atoms with Crippen LogP contribution in [0.25, 0.3) is 0 Å². The van der Waals surface area contributed by atoms with Crippen LogP contribution in [0, 0.1) is 12.8 Å². The normalized spacial score (nSPS) is 18.0. The van der Waals surface area contributed by atoms with Gasteiger partial charge in [0.1, 0.15) is 5.75 Å². The molecule has 0 saturated carbocycles. The Kier molecular flexibility index (Phi) is 5.80. The van der Waals surface area contributed by atoms with Crippen LogP contribution in [0.3, 0.4) is 0 Å². The molecule has 0 bridgehead atoms. The molecule has 22 heavy (non-hydrogen) atoms. The van der Waals surface area contributed by atoms with Crippen LogP contribution in [0.5, 0.6) is 5.75 Å². The van der Waals surface area contributed by atoms with Crippen LogP contribution >= 0.6 is 0 Å². The number of carbonyl (C=O) groups excluding carboxylic acids is 1. The van der Waals surface area contributed by atoms with Crippen LogP contribution < -0.4 is 15.8 Å². The summed E-state index contributed by atoms with van der Waals surface area (Å²) in [6.45, 7) is 6.35. The predicted octanol–water partition coefficient (Wildman–Crippen LogP) is 2.00. The molecule has 1 fully saturated rings. The number of hydrogen-bond donors (Lipinski definition) is 2. The molecule has 1 unspecified atom stereocenters. The molecule has 1 saturated heterocycles. The Balaban J connectivity index is 1.87. The number of methoxy groups -OCH3 is 1. The van der Waals surface area contributed by atoms with Crippen LogP contribution in [0.1, 0.15) is 25.3 Å². The van der Waals surface area contributed by atoms with Gasteiger partial charge in [-0.1, -0.05) is 6.07 Å². The minimum absolute atomic E-state index is 0.00291. The molecule has 122 valence electrons. The molecular weight excluding hydrogens is 278 g/mol. The topological polar surface area (TPSA) is 67.6 Å². The minimum atomic E-state index is 0.00291. The van der Waals surface area contributed by atoms with Crippen molar-refractivity contribution in [3.05, 3.63) is 23.8 Å². The molecule has 1 aliphatic heterocycles. The van der Waals surface area contributed by atoms with Gasteiger partial charge in [0.2, 0.25) is 5.91 Å². The Bertz CT molecular complexity index is 509. The van der Waals surface area contributed by atoms with Gasteiger partial charge in [-0.2, -0.15) is 0 Å². The van der Waals surface area contributed by atoms with Gasteiger partial charge < -0.3 is 15.8 Å². The van der Waals surface area contributed by atoms with Gasteiger partial charge in [0.05, 0.1) is 19.3 Å². The number of aryl methyl sites for hydroxylation is 1. The first-order valence-corrected chi connectivity index (χ1v) is 7.92. The molecule has 1 atom stereocenters. The zero-order chi connectivity index (χ0) is 16.1. The molecular formula is C17H27N3O2. The van der Waals surface area contributed by atoms with Crippen LogP contribution in [0.15, 0.2) is 18.2 Å². The molecule has 0 aliphatic carbocycles. The van der Waals surface area contributed by atoms with E-state index in [1.807, 2.05) is 25.1 Å². The molecule has 0 radical (unpaired) electrons. The molecule has 2 rings (SSSR count). The van der Waals surface area contributed by atoms with Crippen molar-refractivity contribution in [3.8, 4) is 5.75 Å². The number of anilines is 1. The van der Waals surface area contributed by atoms with Gasteiger partial charge >= 0.3 is 0 Å². The Morgan fingerprint density at radius 1 is 1.45 bits per heavy atom. The maximum atomic E-state index is 12.2. The number of benzene rings is 1. The minimum Gasteiger partial charge on any atom is -0.495 e. The zero-order valence-electron chi connectivity index (χ0n) is 13.8. The first-order chi connectivity index (χ1) is 10.5. The lowest BCUT2D eigenvalue weighted by atomic mass is 9.91. The number of hydrogen-bond acceptors (Lipinski definition) is 4. The van der Waals surface area contributed by atoms with Crippen molar-refractivity contribution in [2.24, 2.45) is 11.7 Å². The highest BCUT2D eigenvalue weighted by atomic mass is 16.5. The summed E-state index contributed by atoms with van der Waals surface area (Å²) in [7, 11) is 1.61. The number of nitrogens with two attached hydrogens (primary N) is 1. The van der Waals surface area contributed by atoms with Gasteiger partial charge in [-0.15, -0.1) is 0 Å². The third kappa shape index (κ3) is 4.45. The van der Waals surface area contributed by atoms with E-state index in [-0.39, 0.29) is 11.9 Å². The first kappa shape index (κ1) is 16.8. The number of nitrogens with one attached hydrogen (secondary N) is 1. The van der Waals surface area contributed by atoms with Gasteiger partial charge in [0.15, 0.2) is 0 Å². The second-order valence-corrected chi connectivity index (χ2v) is 6.22. The maximum absolute atomic E-state index is 12.2. The Hall–Kier alpha value is -1.59. The van der Waals surface area contributed by atoms with Gasteiger partial charge in [-0.05, 0) is 63.4 Å². The maximum Gasteiger partial charge on any atom is 0.238 e. The van der Waals surface area contributed by atoms with Crippen molar-refractivity contribution in [1.29, 1.82) is 0 Å². The highest BCUT2D eigenvalue weighted by Gasteiger charge is 2.23. The summed E-state index contributed by atoms with van der Waals surface area (Å²) in [6.07, 6.45) is 2.14. The molecule has 5 nitrogen and oxygen atoms in total. The Labute approximate surface area is 132 Å². The van der Waals surface area contributed by atoms with E-state index in [1.165, 1.54) is 0 Å². The highest BCUT2D eigenvalue weighted by molar-refractivity contribution is 5.93. The van der Waals surface area contributed by atoms with Crippen molar-refractivity contribution in [1.82, 2.24) is 4.90 Å². The second kappa shape index (κ2) is 7.61. The second-order valence-electron chi connectivity index (χ2n) is 6.22. The summed E-state index contributed by atoms with van der Waals surface area (Å²) in [6, 6.07) is 6.01. The monoisotopic (exact) mass is 305 g/mol. The van der Waals surface area contributed by atoms with E-state index in [0.29, 0.717) is 18.2 Å². The van der Waals surface area contributed by atoms with Crippen LogP contribution in [-0.2, 0) is 4.79 Å². The van der Waals surface area contributed by atoms with Crippen LogP contribution in [0.2, 0.25) is 0 Å². The van der Waals surface area contributed by atoms with Gasteiger partial charge in [-0.25, -0.2) is 0 Å². The standard InChI is InChI=1S/C17H27N3O2/c1-12-4-5-16(22-3)15(10-12)19-17(21)11-20-8-6-14(7-9-20)13(2)18/h4-5,10,13-14H,6-9,11,18H2,1-3H3,(H,19,21). The number of piperidine rings is 1. The van der Waals surface area contributed by atoms with Gasteiger partial charge in [-0.3, -0.25) is 9.69 Å². The first-order valence-electron chi connectivity index (χ1n) is 7.92. The summed E-state index contributed by atoms with van der Waals surface area (Å²) in [5, 5.41) is 2.95. The lowest BCUT2D eigenvalue weighted by Crippen LogP contribution is -2.42. The molecule has 1 amide bonds. The smallest absolute Gasteiger partial charge is 0.238 e. The fourth-order valence-electron chi connectivity index (χ4n) is 2.95. The molecule has 1 aliphatic rings. The van der Waals surface area contributed by atoms with Crippen molar-refractivity contribution in [2.75, 3.05) is 32.1 Å². The van der Waals surface area contributed by atoms with Crippen molar-refractivity contribution in [2.45, 2.75) is 32.7 Å². The van der Waals surface area contributed by atoms with E-state index < -0.39 is 0 Å². The fraction of sp³-hybridized carbons (Fsp3) is 0.588. The number of carbonyl (C=O) groups is 1. The largest absolute Gasteiger partial charge is 0.495 e. The summed E-state index contributed by atoms with van der Waals surface area (Å²) >= 11 is 0. The predicted molar refractivity (Wildman–Crippen MR) is 89.2 cm³/mol. The average molecular weight is 305 g/mol. The van der Waals surface area contributed by atoms with Crippen LogP contribution in [-0.4, -0.2) is 43.6 Å². The van der Waals surface area contributed by atoms with Crippen LogP contribution in [0.4, 0.5) is 5.69 Å². The summed E-state index contributed by atoms with van der Waals surface area (Å²) in [5.41, 5.74) is 7.78. The molecule has 5 heteroatoms. The fourth-order valence-corrected chi connectivity index (χ4v) is 2.95. The van der Waals surface area contributed by atoms with Crippen molar-refractivity contribution < 1.29 is 9.53 Å². The number of nitrogens with zero attached hydrogens (tertiary/aromatic N) is 1. The van der Waals surface area contributed by atoms with E-state index >= 15 is 0 Å². The molecule has 3 N–H and O–H groups in total. The molecule has 0 spiro atoms.